The average molecular weight is 444 g/mol. The first-order valence-electron chi connectivity index (χ1n) is 9.10. The van der Waals surface area contributed by atoms with E-state index in [1.54, 1.807) is 25.5 Å². The lowest BCUT2D eigenvalue weighted by atomic mass is 10.1. The van der Waals surface area contributed by atoms with Crippen LogP contribution in [0.2, 0.25) is 0 Å². The molecule has 0 aliphatic carbocycles. The van der Waals surface area contributed by atoms with Crippen molar-refractivity contribution in [3.8, 4) is 22.8 Å². The number of H-pyrrole nitrogens is 1. The molecule has 3 heterocycles. The Labute approximate surface area is 176 Å². The second-order valence-electron chi connectivity index (χ2n) is 7.19. The Balaban J connectivity index is 1.97. The maximum atomic E-state index is 14.2. The molecule has 0 saturated carbocycles. The lowest BCUT2D eigenvalue weighted by molar-refractivity contribution is 0.438. The summed E-state index contributed by atoms with van der Waals surface area (Å²) in [5.41, 5.74) is 0.903. The zero-order valence-electron chi connectivity index (χ0n) is 16.8. The number of hydrogen-bond donors (Lipinski definition) is 1. The number of halogens is 2. The first-order chi connectivity index (χ1) is 14.6. The maximum absolute atomic E-state index is 14.2. The van der Waals surface area contributed by atoms with E-state index < -0.39 is 21.4 Å². The molecule has 0 aliphatic heterocycles. The second-order valence-corrected chi connectivity index (χ2v) is 9.74. The summed E-state index contributed by atoms with van der Waals surface area (Å²) in [6, 6.07) is 7.68. The van der Waals surface area contributed by atoms with Gasteiger partial charge in [-0.15, -0.1) is 0 Å². The Kier molecular flexibility index (Phi) is 5.10. The summed E-state index contributed by atoms with van der Waals surface area (Å²) in [5, 5.41) is 0.575. The van der Waals surface area contributed by atoms with Gasteiger partial charge in [0.05, 0.1) is 0 Å². The number of ether oxygens (including phenoxy) is 1. The highest BCUT2D eigenvalue weighted by molar-refractivity contribution is 7.92. The van der Waals surface area contributed by atoms with Gasteiger partial charge in [0.15, 0.2) is 23.1 Å². The Morgan fingerprint density at radius 2 is 1.87 bits per heavy atom. The Hall–Kier alpha value is -3.53. The fourth-order valence-corrected chi connectivity index (χ4v) is 3.67. The molecule has 1 aromatic carbocycles. The van der Waals surface area contributed by atoms with E-state index in [0.29, 0.717) is 22.5 Å². The van der Waals surface area contributed by atoms with E-state index in [0.717, 1.165) is 6.07 Å². The van der Waals surface area contributed by atoms with Crippen LogP contribution in [0, 0.1) is 11.6 Å². The van der Waals surface area contributed by atoms with Crippen LogP contribution in [0.4, 0.5) is 14.6 Å². The van der Waals surface area contributed by atoms with Crippen LogP contribution in [0.5, 0.6) is 11.5 Å². The van der Waals surface area contributed by atoms with Crippen molar-refractivity contribution in [2.24, 2.45) is 11.4 Å². The minimum atomic E-state index is -2.50. The van der Waals surface area contributed by atoms with E-state index in [-0.39, 0.29) is 28.6 Å². The Bertz CT molecular complexity index is 1490. The van der Waals surface area contributed by atoms with E-state index in [4.69, 9.17) is 4.74 Å². The van der Waals surface area contributed by atoms with Crippen molar-refractivity contribution in [2.75, 3.05) is 12.5 Å². The Morgan fingerprint density at radius 1 is 1.13 bits per heavy atom. The summed E-state index contributed by atoms with van der Waals surface area (Å²) in [5.74, 6) is -1.46. The van der Waals surface area contributed by atoms with Gasteiger partial charge in [0.25, 0.3) is 5.56 Å². The molecule has 4 rings (SSSR count). The number of nitrogens with zero attached hydrogens (tertiary/aromatic N) is 3. The van der Waals surface area contributed by atoms with Crippen LogP contribution in [0.1, 0.15) is 0 Å². The van der Waals surface area contributed by atoms with Gasteiger partial charge in [-0.1, -0.05) is 0 Å². The molecule has 0 saturated heterocycles. The summed E-state index contributed by atoms with van der Waals surface area (Å²) in [4.78, 5) is 19.8. The van der Waals surface area contributed by atoms with Crippen molar-refractivity contribution in [3.63, 3.8) is 0 Å². The van der Waals surface area contributed by atoms with E-state index in [1.165, 1.54) is 35.3 Å². The number of pyridine rings is 2. The third-order valence-corrected chi connectivity index (χ3v) is 5.05. The molecular formula is C21H18F2N4O3S. The minimum absolute atomic E-state index is 0.157. The first kappa shape index (κ1) is 20.7. The van der Waals surface area contributed by atoms with Gasteiger partial charge in [0.2, 0.25) is 0 Å². The van der Waals surface area contributed by atoms with Crippen molar-refractivity contribution in [3.05, 3.63) is 70.8 Å². The van der Waals surface area contributed by atoms with Crippen LogP contribution in [0.25, 0.3) is 22.2 Å². The van der Waals surface area contributed by atoms with Gasteiger partial charge in [-0.3, -0.25) is 4.79 Å². The molecule has 0 atom stereocenters. The van der Waals surface area contributed by atoms with Crippen LogP contribution in [-0.2, 0) is 16.8 Å². The summed E-state index contributed by atoms with van der Waals surface area (Å²) in [7, 11) is -0.909. The van der Waals surface area contributed by atoms with Gasteiger partial charge in [-0.2, -0.15) is 4.36 Å². The standard InChI is InChI=1S/C21H18F2N4O3S/c1-27-11-14(13-8-9-24-20(13)21(27)28)19-17(6-7-18(25-19)26-31(2,3)29)30-16-5-4-12(22)10-15(16)23/h4-11,24H,1-3H3. The van der Waals surface area contributed by atoms with Crippen LogP contribution in [0.15, 0.2) is 57.9 Å². The van der Waals surface area contributed by atoms with E-state index >= 15 is 0 Å². The number of nitrogens with one attached hydrogen (secondary N) is 1. The predicted octanol–water partition coefficient (Wildman–Crippen LogP) is 4.36. The molecule has 0 amide bonds. The maximum Gasteiger partial charge on any atom is 0.274 e. The first-order valence-corrected chi connectivity index (χ1v) is 11.4. The smallest absolute Gasteiger partial charge is 0.274 e. The molecule has 0 aliphatic rings. The summed E-state index contributed by atoms with van der Waals surface area (Å²) in [6.45, 7) is 0. The molecule has 31 heavy (non-hydrogen) atoms. The molecule has 0 bridgehead atoms. The zero-order chi connectivity index (χ0) is 22.3. The Morgan fingerprint density at radius 3 is 2.58 bits per heavy atom. The van der Waals surface area contributed by atoms with E-state index in [9.17, 15) is 17.8 Å². The highest BCUT2D eigenvalue weighted by atomic mass is 32.2. The molecule has 10 heteroatoms. The number of aromatic nitrogens is 3. The van der Waals surface area contributed by atoms with E-state index in [1.807, 2.05) is 0 Å². The molecule has 7 nitrogen and oxygen atoms in total. The number of rotatable bonds is 4. The molecule has 0 radical (unpaired) electrons. The van der Waals surface area contributed by atoms with Crippen molar-refractivity contribution >= 4 is 26.4 Å². The van der Waals surface area contributed by atoms with Crippen molar-refractivity contribution < 1.29 is 17.7 Å². The molecular weight excluding hydrogens is 426 g/mol. The molecule has 0 unspecified atom stereocenters. The summed E-state index contributed by atoms with van der Waals surface area (Å²) in [6.07, 6.45) is 6.15. The average Bonchev–Trinajstić information content (AvgIpc) is 3.17. The SMILES string of the molecule is Cn1cc(-c2nc(N=S(C)(C)=O)ccc2Oc2ccc(F)cc2F)c2cc[nH]c2c1=O. The summed E-state index contributed by atoms with van der Waals surface area (Å²) < 4.78 is 50.9. The minimum Gasteiger partial charge on any atom is -0.452 e. The third kappa shape index (κ3) is 4.19. The number of hydrogen-bond acceptors (Lipinski definition) is 5. The van der Waals surface area contributed by atoms with Crippen LogP contribution >= 0.6 is 0 Å². The number of aromatic amines is 1. The van der Waals surface area contributed by atoms with Gasteiger partial charge in [0.1, 0.15) is 17.0 Å². The van der Waals surface area contributed by atoms with Gasteiger partial charge in [-0.25, -0.2) is 18.0 Å². The monoisotopic (exact) mass is 444 g/mol. The third-order valence-electron chi connectivity index (χ3n) is 4.42. The normalized spacial score (nSPS) is 11.6. The lowest BCUT2D eigenvalue weighted by Crippen LogP contribution is -2.16. The fourth-order valence-electron chi connectivity index (χ4n) is 3.12. The number of fused-ring (bicyclic) bond motifs is 1. The van der Waals surface area contributed by atoms with Crippen LogP contribution in [-0.4, -0.2) is 31.3 Å². The van der Waals surface area contributed by atoms with Gasteiger partial charge in [0, 0.05) is 58.7 Å². The van der Waals surface area contributed by atoms with Crippen molar-refractivity contribution in [1.29, 1.82) is 0 Å². The molecule has 0 spiro atoms. The van der Waals surface area contributed by atoms with Gasteiger partial charge < -0.3 is 14.3 Å². The lowest BCUT2D eigenvalue weighted by Gasteiger charge is -2.13. The van der Waals surface area contributed by atoms with Crippen LogP contribution < -0.4 is 10.3 Å². The molecule has 0 fully saturated rings. The molecule has 3 aromatic heterocycles. The summed E-state index contributed by atoms with van der Waals surface area (Å²) >= 11 is 0. The van der Waals surface area contributed by atoms with Crippen molar-refractivity contribution in [2.45, 2.75) is 0 Å². The fraction of sp³-hybridized carbons (Fsp3) is 0.143. The molecule has 1 N–H and O–H groups in total. The molecule has 4 aromatic rings. The molecule has 160 valence electrons. The quantitative estimate of drug-likeness (QED) is 0.507. The van der Waals surface area contributed by atoms with Crippen LogP contribution in [0.3, 0.4) is 0 Å². The number of aryl methyl sites for hydroxylation is 1. The topological polar surface area (TPSA) is 89.3 Å². The number of benzene rings is 1. The largest absolute Gasteiger partial charge is 0.452 e. The predicted molar refractivity (Wildman–Crippen MR) is 115 cm³/mol. The highest BCUT2D eigenvalue weighted by Crippen LogP contribution is 2.37. The van der Waals surface area contributed by atoms with E-state index in [2.05, 4.69) is 14.3 Å². The highest BCUT2D eigenvalue weighted by Gasteiger charge is 2.18. The van der Waals surface area contributed by atoms with Crippen molar-refractivity contribution in [1.82, 2.24) is 14.5 Å². The zero-order valence-corrected chi connectivity index (χ0v) is 17.7. The second kappa shape index (κ2) is 7.62. The van der Waals surface area contributed by atoms with Gasteiger partial charge in [-0.05, 0) is 30.3 Å². The van der Waals surface area contributed by atoms with Gasteiger partial charge >= 0.3 is 0 Å².